The van der Waals surface area contributed by atoms with Gasteiger partial charge < -0.3 is 15.3 Å². The Labute approximate surface area is 224 Å². The minimum Gasteiger partial charge on any atom is -0.395 e. The molecule has 5 atom stereocenters. The number of alkyl halides is 5. The summed E-state index contributed by atoms with van der Waals surface area (Å²) >= 11 is 0. The predicted molar refractivity (Wildman–Crippen MR) is 134 cm³/mol. The first kappa shape index (κ1) is 28.4. The summed E-state index contributed by atoms with van der Waals surface area (Å²) < 4.78 is 71.2. The van der Waals surface area contributed by atoms with Gasteiger partial charge in [-0.2, -0.15) is 22.0 Å². The molecular weight excluding hydrogens is 519 g/mol. The molecule has 39 heavy (non-hydrogen) atoms. The lowest BCUT2D eigenvalue weighted by Crippen LogP contribution is -2.65. The Bertz CT molecular complexity index is 1210. The number of carbonyl (C=O) groups is 1. The second kappa shape index (κ2) is 9.21. The number of carbonyl (C=O) groups excluding carboxylic acids is 1. The highest BCUT2D eigenvalue weighted by Gasteiger charge is 2.79. The Kier molecular flexibility index (Phi) is 6.71. The quantitative estimate of drug-likeness (QED) is 0.405. The van der Waals surface area contributed by atoms with Gasteiger partial charge in [-0.05, 0) is 78.7 Å². The Morgan fingerprint density at radius 3 is 2.21 bits per heavy atom. The number of rotatable bonds is 5. The number of hydrogen-bond acceptors (Lipinski definition) is 4. The average molecular weight is 555 g/mol. The summed E-state index contributed by atoms with van der Waals surface area (Å²) in [5.74, 6) is -6.61. The van der Waals surface area contributed by atoms with Gasteiger partial charge in [0.1, 0.15) is 5.60 Å². The van der Waals surface area contributed by atoms with E-state index in [4.69, 9.17) is 0 Å². The summed E-state index contributed by atoms with van der Waals surface area (Å²) in [7, 11) is 0. The van der Waals surface area contributed by atoms with Crippen molar-refractivity contribution in [2.45, 2.75) is 87.8 Å². The average Bonchev–Trinajstić information content (AvgIpc) is 3.18. The first-order valence-electron chi connectivity index (χ1n) is 13.6. The zero-order chi connectivity index (χ0) is 28.6. The second-order valence-corrected chi connectivity index (χ2v) is 12.5. The fourth-order valence-corrected chi connectivity index (χ4v) is 8.06. The summed E-state index contributed by atoms with van der Waals surface area (Å²) in [5, 5.41) is 31.0. The molecule has 0 aromatic heterocycles. The Morgan fingerprint density at radius 2 is 1.62 bits per heavy atom. The van der Waals surface area contributed by atoms with Gasteiger partial charge in [0.15, 0.2) is 5.78 Å². The largest absolute Gasteiger partial charge is 0.456 e. The third-order valence-electron chi connectivity index (χ3n) is 10.5. The summed E-state index contributed by atoms with van der Waals surface area (Å²) in [6.07, 6.45) is -3.01. The summed E-state index contributed by atoms with van der Waals surface area (Å²) in [6, 6.07) is 7.04. The molecule has 0 spiro atoms. The molecule has 2 saturated carbocycles. The molecular formula is C30H35F5O4. The molecule has 4 aliphatic carbocycles. The van der Waals surface area contributed by atoms with Crippen LogP contribution in [0.15, 0.2) is 47.1 Å². The van der Waals surface area contributed by atoms with E-state index >= 15 is 8.78 Å². The first-order chi connectivity index (χ1) is 18.1. The molecule has 2 fully saturated rings. The topological polar surface area (TPSA) is 77.8 Å². The zero-order valence-corrected chi connectivity index (χ0v) is 22.1. The van der Waals surface area contributed by atoms with Crippen LogP contribution in [-0.2, 0) is 10.2 Å². The monoisotopic (exact) mass is 554 g/mol. The number of hydrogen-bond donors (Lipinski definition) is 3. The van der Waals surface area contributed by atoms with E-state index in [2.05, 4.69) is 0 Å². The molecule has 4 nitrogen and oxygen atoms in total. The summed E-state index contributed by atoms with van der Waals surface area (Å²) in [6.45, 7) is 2.50. The molecule has 4 aliphatic rings. The summed E-state index contributed by atoms with van der Waals surface area (Å²) in [5.41, 5.74) is -1.55. The van der Waals surface area contributed by atoms with Crippen LogP contribution in [0.25, 0.3) is 0 Å². The highest BCUT2D eigenvalue weighted by molar-refractivity contribution is 5.93. The molecule has 2 unspecified atom stereocenters. The van der Waals surface area contributed by atoms with E-state index in [9.17, 15) is 33.3 Å². The van der Waals surface area contributed by atoms with Crippen molar-refractivity contribution in [2.75, 3.05) is 13.2 Å². The molecule has 0 bridgehead atoms. The van der Waals surface area contributed by atoms with Crippen LogP contribution >= 0.6 is 0 Å². The molecule has 214 valence electrons. The maximum atomic E-state index is 15.1. The van der Waals surface area contributed by atoms with Gasteiger partial charge in [-0.25, -0.2) is 0 Å². The molecule has 0 radical (unpaired) electrons. The lowest BCUT2D eigenvalue weighted by Gasteiger charge is -2.56. The van der Waals surface area contributed by atoms with Crippen LogP contribution in [0.1, 0.15) is 75.8 Å². The molecule has 0 amide bonds. The van der Waals surface area contributed by atoms with Crippen LogP contribution < -0.4 is 0 Å². The molecule has 3 N–H and O–H groups in total. The van der Waals surface area contributed by atoms with Gasteiger partial charge in [0.2, 0.25) is 0 Å². The van der Waals surface area contributed by atoms with Crippen LogP contribution in [0.3, 0.4) is 0 Å². The van der Waals surface area contributed by atoms with Crippen LogP contribution in [0.5, 0.6) is 0 Å². The molecule has 1 aromatic carbocycles. The molecule has 5 rings (SSSR count). The lowest BCUT2D eigenvalue weighted by atomic mass is 9.50. The maximum absolute atomic E-state index is 15.1. The van der Waals surface area contributed by atoms with Crippen LogP contribution in [0.2, 0.25) is 0 Å². The van der Waals surface area contributed by atoms with Crippen molar-refractivity contribution in [2.24, 2.45) is 17.3 Å². The number of allylic oxidation sites excluding steroid dienone is 4. The number of fused-ring (bicyclic) bond motifs is 4. The predicted octanol–water partition coefficient (Wildman–Crippen LogP) is 5.76. The van der Waals surface area contributed by atoms with Crippen LogP contribution in [0, 0.1) is 17.3 Å². The van der Waals surface area contributed by atoms with E-state index < -0.39 is 46.8 Å². The van der Waals surface area contributed by atoms with Crippen molar-refractivity contribution in [3.63, 3.8) is 0 Å². The summed E-state index contributed by atoms with van der Waals surface area (Å²) in [4.78, 5) is 12.2. The second-order valence-electron chi connectivity index (χ2n) is 12.5. The Hall–Kier alpha value is -2.10. The SMILES string of the molecule is CC(CO)(CO)c1ccc([C@H]2C[C@@]3(C)C(CC[C@@]3(O)C(F)(F)C(F)(F)F)C3CCC4=CC(=O)CCC4=C32)cc1. The van der Waals surface area contributed by atoms with E-state index in [1.165, 1.54) is 6.92 Å². The van der Waals surface area contributed by atoms with Crippen molar-refractivity contribution in [1.82, 2.24) is 0 Å². The Morgan fingerprint density at radius 1 is 0.974 bits per heavy atom. The van der Waals surface area contributed by atoms with Gasteiger partial charge in [-0.1, -0.05) is 43.7 Å². The standard InChI is InChI=1S/C30H35F5O4/c1-26(15-36,16-37)19-6-3-17(4-7-19)23-14-27(2)24(11-12-28(27,39)29(31,32)30(33,34)35)22-9-5-18-13-20(38)8-10-21(18)25(22)23/h3-4,6-7,13,22-24,36-37,39H,5,8-12,14-16H2,1-2H3/t22?,23-,24?,27+,28+/m1/s1. The van der Waals surface area contributed by atoms with Crippen molar-refractivity contribution in [1.29, 1.82) is 0 Å². The molecule has 9 heteroatoms. The van der Waals surface area contributed by atoms with Gasteiger partial charge in [-0.15, -0.1) is 0 Å². The number of aliphatic hydroxyl groups is 3. The minimum absolute atomic E-state index is 0.0294. The fourth-order valence-electron chi connectivity index (χ4n) is 8.06. The molecule has 0 aliphatic heterocycles. The smallest absolute Gasteiger partial charge is 0.395 e. The van der Waals surface area contributed by atoms with Gasteiger partial charge in [0.05, 0.1) is 13.2 Å². The highest BCUT2D eigenvalue weighted by atomic mass is 19.4. The van der Waals surface area contributed by atoms with E-state index in [1.54, 1.807) is 37.3 Å². The normalized spacial score (nSPS) is 33.4. The molecule has 1 aromatic rings. The van der Waals surface area contributed by atoms with Gasteiger partial charge in [-0.3, -0.25) is 4.79 Å². The van der Waals surface area contributed by atoms with E-state index in [-0.39, 0.29) is 37.8 Å². The van der Waals surface area contributed by atoms with Crippen LogP contribution in [-0.4, -0.2) is 52.0 Å². The van der Waals surface area contributed by atoms with Gasteiger partial charge in [0, 0.05) is 23.2 Å². The van der Waals surface area contributed by atoms with Crippen molar-refractivity contribution in [3.8, 4) is 0 Å². The number of benzene rings is 1. The Balaban J connectivity index is 1.67. The number of halogens is 5. The lowest BCUT2D eigenvalue weighted by molar-refractivity contribution is -0.362. The van der Waals surface area contributed by atoms with E-state index in [1.807, 2.05) is 0 Å². The highest BCUT2D eigenvalue weighted by Crippen LogP contribution is 2.70. The maximum Gasteiger partial charge on any atom is 0.456 e. The van der Waals surface area contributed by atoms with Gasteiger partial charge in [0.25, 0.3) is 0 Å². The zero-order valence-electron chi connectivity index (χ0n) is 22.1. The van der Waals surface area contributed by atoms with Crippen molar-refractivity contribution < 1.29 is 42.1 Å². The molecule has 0 saturated heterocycles. The van der Waals surface area contributed by atoms with Crippen molar-refractivity contribution >= 4 is 5.78 Å². The minimum atomic E-state index is -5.89. The number of aliphatic hydroxyl groups excluding tert-OH is 2. The van der Waals surface area contributed by atoms with Crippen molar-refractivity contribution in [3.05, 3.63) is 58.2 Å². The van der Waals surface area contributed by atoms with E-state index in [0.717, 1.165) is 16.7 Å². The van der Waals surface area contributed by atoms with E-state index in [0.29, 0.717) is 36.8 Å². The fraction of sp³-hybridized carbons (Fsp3) is 0.633. The van der Waals surface area contributed by atoms with Crippen LogP contribution in [0.4, 0.5) is 22.0 Å². The third-order valence-corrected chi connectivity index (χ3v) is 10.5. The first-order valence-corrected chi connectivity index (χ1v) is 13.6. The molecule has 0 heterocycles. The third kappa shape index (κ3) is 3.97. The van der Waals surface area contributed by atoms with Gasteiger partial charge >= 0.3 is 12.1 Å². The number of ketones is 1.